The van der Waals surface area contributed by atoms with Crippen LogP contribution in [0.25, 0.3) is 0 Å². The lowest BCUT2D eigenvalue weighted by Crippen LogP contribution is -2.17. The van der Waals surface area contributed by atoms with Crippen LogP contribution in [0.4, 0.5) is 5.69 Å². The summed E-state index contributed by atoms with van der Waals surface area (Å²) in [5.41, 5.74) is 4.47. The van der Waals surface area contributed by atoms with E-state index in [4.69, 9.17) is 0 Å². The fourth-order valence-corrected chi connectivity index (χ4v) is 2.94. The van der Waals surface area contributed by atoms with Gasteiger partial charge in [-0.1, -0.05) is 13.0 Å². The Morgan fingerprint density at radius 2 is 2.05 bits per heavy atom. The summed E-state index contributed by atoms with van der Waals surface area (Å²) in [5, 5.41) is 7.25. The van der Waals surface area contributed by atoms with Gasteiger partial charge in [-0.05, 0) is 59.5 Å². The van der Waals surface area contributed by atoms with Gasteiger partial charge < -0.3 is 5.32 Å². The van der Waals surface area contributed by atoms with Gasteiger partial charge in [0.1, 0.15) is 5.69 Å². The van der Waals surface area contributed by atoms with Crippen LogP contribution in [0.3, 0.4) is 0 Å². The molecule has 2 aromatic rings. The van der Waals surface area contributed by atoms with Gasteiger partial charge in [-0.2, -0.15) is 5.10 Å². The molecule has 0 unspecified atom stereocenters. The molecule has 2 rings (SSSR count). The number of nitrogens with zero attached hydrogens (tertiary/aromatic N) is 2. The van der Waals surface area contributed by atoms with E-state index in [1.54, 1.807) is 11.7 Å². The average molecular weight is 336 g/mol. The number of rotatable bonds is 3. The minimum absolute atomic E-state index is 0.146. The number of halogens is 1. The summed E-state index contributed by atoms with van der Waals surface area (Å²) >= 11 is 3.50. The molecule has 4 nitrogen and oxygen atoms in total. The first kappa shape index (κ1) is 14.8. The minimum atomic E-state index is -0.146. The van der Waals surface area contributed by atoms with Gasteiger partial charge in [-0.25, -0.2) is 0 Å². The lowest BCUT2D eigenvalue weighted by molar-refractivity contribution is 0.101. The minimum Gasteiger partial charge on any atom is -0.319 e. The fourth-order valence-electron chi connectivity index (χ4n) is 2.16. The molecular weight excluding hydrogens is 318 g/mol. The van der Waals surface area contributed by atoms with Crippen molar-refractivity contribution in [2.24, 2.45) is 7.05 Å². The lowest BCUT2D eigenvalue weighted by Gasteiger charge is -2.11. The number of nitrogens with one attached hydrogen (secondary N) is 1. The lowest BCUT2D eigenvalue weighted by atomic mass is 10.1. The van der Waals surface area contributed by atoms with Crippen molar-refractivity contribution < 1.29 is 4.79 Å². The molecule has 1 amide bonds. The van der Waals surface area contributed by atoms with Crippen LogP contribution in [0.1, 0.15) is 34.2 Å². The largest absolute Gasteiger partial charge is 0.319 e. The SMILES string of the molecule is CCc1cc(C(=O)Nc2c(C)cc(C)cc2Br)n(C)n1. The summed E-state index contributed by atoms with van der Waals surface area (Å²) in [4.78, 5) is 12.4. The molecule has 5 heteroatoms. The summed E-state index contributed by atoms with van der Waals surface area (Å²) in [7, 11) is 1.78. The molecule has 1 N–H and O–H groups in total. The van der Waals surface area contributed by atoms with Gasteiger partial charge in [0, 0.05) is 11.5 Å². The van der Waals surface area contributed by atoms with Crippen LogP contribution in [0, 0.1) is 13.8 Å². The normalized spacial score (nSPS) is 10.7. The molecule has 0 bridgehead atoms. The van der Waals surface area contributed by atoms with E-state index in [9.17, 15) is 4.79 Å². The van der Waals surface area contributed by atoms with Crippen molar-refractivity contribution in [3.63, 3.8) is 0 Å². The predicted molar refractivity (Wildman–Crippen MR) is 84.2 cm³/mol. The van der Waals surface area contributed by atoms with E-state index in [-0.39, 0.29) is 5.91 Å². The molecular formula is C15H18BrN3O. The summed E-state index contributed by atoms with van der Waals surface area (Å²) in [6, 6.07) is 5.86. The number of carbonyl (C=O) groups excluding carboxylic acids is 1. The Bertz CT molecular complexity index is 638. The van der Waals surface area contributed by atoms with Crippen LogP contribution < -0.4 is 5.32 Å². The Labute approximate surface area is 127 Å². The molecule has 0 saturated carbocycles. The van der Waals surface area contributed by atoms with Crippen molar-refractivity contribution in [1.29, 1.82) is 0 Å². The van der Waals surface area contributed by atoms with E-state index in [2.05, 4.69) is 26.3 Å². The van der Waals surface area contributed by atoms with Gasteiger partial charge in [0.2, 0.25) is 0 Å². The second-order valence-corrected chi connectivity index (χ2v) is 5.75. The first-order chi connectivity index (χ1) is 9.42. The van der Waals surface area contributed by atoms with E-state index in [1.807, 2.05) is 39.0 Å². The first-order valence-corrected chi connectivity index (χ1v) is 7.32. The Balaban J connectivity index is 2.30. The molecule has 1 aromatic carbocycles. The van der Waals surface area contributed by atoms with Crippen molar-refractivity contribution in [3.8, 4) is 0 Å². The maximum atomic E-state index is 12.4. The quantitative estimate of drug-likeness (QED) is 0.931. The fraction of sp³-hybridized carbons (Fsp3) is 0.333. The number of aromatic nitrogens is 2. The standard InChI is InChI=1S/C15H18BrN3O/c1-5-11-8-13(19(4)18-11)15(20)17-14-10(3)6-9(2)7-12(14)16/h6-8H,5H2,1-4H3,(H,17,20). The third-order valence-corrected chi connectivity index (χ3v) is 3.82. The van der Waals surface area contributed by atoms with Crippen molar-refractivity contribution >= 4 is 27.5 Å². The van der Waals surface area contributed by atoms with Crippen LogP contribution >= 0.6 is 15.9 Å². The van der Waals surface area contributed by atoms with Crippen LogP contribution in [0.2, 0.25) is 0 Å². The van der Waals surface area contributed by atoms with E-state index < -0.39 is 0 Å². The second kappa shape index (κ2) is 5.79. The number of hydrogen-bond donors (Lipinski definition) is 1. The van der Waals surface area contributed by atoms with Crippen molar-refractivity contribution in [1.82, 2.24) is 9.78 Å². The molecule has 1 heterocycles. The Kier molecular flexibility index (Phi) is 4.28. The van der Waals surface area contributed by atoms with E-state index in [0.717, 1.165) is 33.4 Å². The highest BCUT2D eigenvalue weighted by Gasteiger charge is 2.15. The molecule has 0 aliphatic carbocycles. The monoisotopic (exact) mass is 335 g/mol. The number of aryl methyl sites for hydroxylation is 4. The summed E-state index contributed by atoms with van der Waals surface area (Å²) in [5.74, 6) is -0.146. The molecule has 0 fully saturated rings. The summed E-state index contributed by atoms with van der Waals surface area (Å²) in [6.45, 7) is 6.02. The Morgan fingerprint density at radius 3 is 2.60 bits per heavy atom. The first-order valence-electron chi connectivity index (χ1n) is 6.53. The van der Waals surface area contributed by atoms with Crippen molar-refractivity contribution in [2.75, 3.05) is 5.32 Å². The highest BCUT2D eigenvalue weighted by atomic mass is 79.9. The average Bonchev–Trinajstić information content (AvgIpc) is 2.75. The molecule has 0 aliphatic rings. The number of benzene rings is 1. The van der Waals surface area contributed by atoms with Crippen LogP contribution in [-0.2, 0) is 13.5 Å². The maximum absolute atomic E-state index is 12.4. The Morgan fingerprint density at radius 1 is 1.35 bits per heavy atom. The molecule has 0 aliphatic heterocycles. The molecule has 0 radical (unpaired) electrons. The molecule has 20 heavy (non-hydrogen) atoms. The molecule has 0 atom stereocenters. The molecule has 0 saturated heterocycles. The van der Waals surface area contributed by atoms with E-state index >= 15 is 0 Å². The van der Waals surface area contributed by atoms with Crippen molar-refractivity contribution in [2.45, 2.75) is 27.2 Å². The van der Waals surface area contributed by atoms with Crippen LogP contribution in [0.15, 0.2) is 22.7 Å². The molecule has 0 spiro atoms. The summed E-state index contributed by atoms with van der Waals surface area (Å²) in [6.07, 6.45) is 0.814. The van der Waals surface area contributed by atoms with Gasteiger partial charge in [0.15, 0.2) is 0 Å². The summed E-state index contributed by atoms with van der Waals surface area (Å²) < 4.78 is 2.51. The van der Waals surface area contributed by atoms with Gasteiger partial charge in [0.25, 0.3) is 5.91 Å². The number of carbonyl (C=O) groups is 1. The zero-order valence-electron chi connectivity index (χ0n) is 12.1. The molecule has 106 valence electrons. The Hall–Kier alpha value is -1.62. The number of amides is 1. The third-order valence-electron chi connectivity index (χ3n) is 3.20. The van der Waals surface area contributed by atoms with Gasteiger partial charge in [-0.15, -0.1) is 0 Å². The predicted octanol–water partition coefficient (Wildman–Crippen LogP) is 3.61. The zero-order valence-corrected chi connectivity index (χ0v) is 13.7. The van der Waals surface area contributed by atoms with Gasteiger partial charge in [-0.3, -0.25) is 9.48 Å². The smallest absolute Gasteiger partial charge is 0.273 e. The van der Waals surface area contributed by atoms with Crippen LogP contribution in [0.5, 0.6) is 0 Å². The van der Waals surface area contributed by atoms with Gasteiger partial charge in [0.05, 0.1) is 11.4 Å². The molecule has 1 aromatic heterocycles. The highest BCUT2D eigenvalue weighted by Crippen LogP contribution is 2.28. The van der Waals surface area contributed by atoms with Gasteiger partial charge >= 0.3 is 0 Å². The zero-order chi connectivity index (χ0) is 14.9. The van der Waals surface area contributed by atoms with Crippen molar-refractivity contribution in [3.05, 3.63) is 45.2 Å². The second-order valence-electron chi connectivity index (χ2n) is 4.89. The topological polar surface area (TPSA) is 46.9 Å². The van der Waals surface area contributed by atoms with E-state index in [1.165, 1.54) is 0 Å². The van der Waals surface area contributed by atoms with E-state index in [0.29, 0.717) is 5.69 Å². The third kappa shape index (κ3) is 2.93. The number of hydrogen-bond acceptors (Lipinski definition) is 2. The van der Waals surface area contributed by atoms with Crippen LogP contribution in [-0.4, -0.2) is 15.7 Å². The maximum Gasteiger partial charge on any atom is 0.273 e. The number of anilines is 1. The highest BCUT2D eigenvalue weighted by molar-refractivity contribution is 9.10.